The van der Waals surface area contributed by atoms with Crippen LogP contribution in [0.4, 0.5) is 0 Å². The van der Waals surface area contributed by atoms with Crippen LogP contribution >= 0.6 is 10.0 Å². The number of rotatable bonds is 2. The molecular weight excluding hydrogens is 200 g/mol. The highest BCUT2D eigenvalue weighted by molar-refractivity contribution is 8.33. The van der Waals surface area contributed by atoms with E-state index in [2.05, 4.69) is 38.1 Å². The summed E-state index contributed by atoms with van der Waals surface area (Å²) in [4.78, 5) is 1.66. The van der Waals surface area contributed by atoms with E-state index in [1.165, 1.54) is 42.1 Å². The Morgan fingerprint density at radius 2 is 1.60 bits per heavy atom. The third kappa shape index (κ3) is 2.23. The van der Waals surface area contributed by atoms with Crippen molar-refractivity contribution in [2.24, 2.45) is 0 Å². The molecule has 1 fully saturated rings. The minimum Gasteiger partial charge on any atom is -0.215 e. The molecule has 0 nitrogen and oxygen atoms in total. The van der Waals surface area contributed by atoms with Crippen LogP contribution in [-0.4, -0.2) is 17.3 Å². The lowest BCUT2D eigenvalue weighted by molar-refractivity contribution is 0.751. The smallest absolute Gasteiger partial charge is 0.00989 e. The molecule has 0 aliphatic carbocycles. The molecule has 0 atom stereocenters. The maximum atomic E-state index is 2.39. The van der Waals surface area contributed by atoms with Crippen LogP contribution in [-0.2, 0) is 0 Å². The summed E-state index contributed by atoms with van der Waals surface area (Å²) in [5, 5.41) is 0. The third-order valence-electron chi connectivity index (χ3n) is 3.64. The van der Waals surface area contributed by atoms with Gasteiger partial charge < -0.3 is 0 Å². The number of hydrogen-bond donors (Lipinski definition) is 0. The predicted octanol–water partition coefficient (Wildman–Crippen LogP) is 4.36. The zero-order chi connectivity index (χ0) is 10.7. The quantitative estimate of drug-likeness (QED) is 0.697. The zero-order valence-corrected chi connectivity index (χ0v) is 10.8. The molecule has 0 bridgehead atoms. The van der Waals surface area contributed by atoms with E-state index in [9.17, 15) is 0 Å². The topological polar surface area (TPSA) is 0 Å². The van der Waals surface area contributed by atoms with Crippen LogP contribution < -0.4 is 0 Å². The second-order valence-electron chi connectivity index (χ2n) is 4.62. The van der Waals surface area contributed by atoms with E-state index < -0.39 is 10.0 Å². The minimum absolute atomic E-state index is 0.431. The standard InChI is InChI=1S/C14H22S/c1-3-15(11-5-4-6-12-15)14-9-7-13(2)8-10-14/h7-10H,3-6,11-12H2,1-2H3. The first-order chi connectivity index (χ1) is 7.27. The Morgan fingerprint density at radius 1 is 1.00 bits per heavy atom. The van der Waals surface area contributed by atoms with Crippen LogP contribution in [0.15, 0.2) is 29.2 Å². The minimum atomic E-state index is -0.431. The van der Waals surface area contributed by atoms with Crippen molar-refractivity contribution in [1.82, 2.24) is 0 Å². The fraction of sp³-hybridized carbons (Fsp3) is 0.571. The van der Waals surface area contributed by atoms with Crippen molar-refractivity contribution in [2.45, 2.75) is 38.0 Å². The first-order valence-corrected chi connectivity index (χ1v) is 8.24. The molecule has 0 saturated carbocycles. The van der Waals surface area contributed by atoms with Crippen molar-refractivity contribution >= 4 is 10.0 Å². The van der Waals surface area contributed by atoms with E-state index in [0.29, 0.717) is 0 Å². The molecule has 1 heterocycles. The van der Waals surface area contributed by atoms with E-state index in [-0.39, 0.29) is 0 Å². The monoisotopic (exact) mass is 222 g/mol. The molecule has 1 aliphatic rings. The number of benzene rings is 1. The summed E-state index contributed by atoms with van der Waals surface area (Å²) >= 11 is 0. The third-order valence-corrected chi connectivity index (χ3v) is 8.16. The van der Waals surface area contributed by atoms with Gasteiger partial charge in [-0.1, -0.05) is 31.0 Å². The van der Waals surface area contributed by atoms with Gasteiger partial charge in [0.05, 0.1) is 0 Å². The second-order valence-corrected chi connectivity index (χ2v) is 8.57. The van der Waals surface area contributed by atoms with E-state index in [4.69, 9.17) is 0 Å². The van der Waals surface area contributed by atoms with E-state index in [1.807, 2.05) is 0 Å². The highest BCUT2D eigenvalue weighted by atomic mass is 32.3. The molecule has 15 heavy (non-hydrogen) atoms. The largest absolute Gasteiger partial charge is 0.215 e. The Labute approximate surface area is 95.4 Å². The van der Waals surface area contributed by atoms with Gasteiger partial charge in [0.15, 0.2) is 0 Å². The molecule has 0 N–H and O–H groups in total. The normalized spacial score (nSPS) is 22.3. The molecule has 0 spiro atoms. The van der Waals surface area contributed by atoms with Crippen LogP contribution in [0.2, 0.25) is 0 Å². The van der Waals surface area contributed by atoms with Crippen LogP contribution in [0.1, 0.15) is 31.7 Å². The average Bonchev–Trinajstić information content (AvgIpc) is 2.31. The molecular formula is C14H22S. The maximum absolute atomic E-state index is 2.39. The summed E-state index contributed by atoms with van der Waals surface area (Å²) < 4.78 is 0. The molecule has 1 saturated heterocycles. The lowest BCUT2D eigenvalue weighted by Crippen LogP contribution is -2.17. The van der Waals surface area contributed by atoms with E-state index >= 15 is 0 Å². The molecule has 1 heteroatoms. The summed E-state index contributed by atoms with van der Waals surface area (Å²) in [6.45, 7) is 4.57. The predicted molar refractivity (Wildman–Crippen MR) is 71.2 cm³/mol. The van der Waals surface area contributed by atoms with Crippen LogP contribution in [0.25, 0.3) is 0 Å². The van der Waals surface area contributed by atoms with E-state index in [0.717, 1.165) is 0 Å². The van der Waals surface area contributed by atoms with Crippen molar-refractivity contribution in [3.63, 3.8) is 0 Å². The molecule has 1 aromatic carbocycles. The zero-order valence-electron chi connectivity index (χ0n) is 9.96. The molecule has 0 radical (unpaired) electrons. The molecule has 1 aliphatic heterocycles. The first-order valence-electron chi connectivity index (χ1n) is 6.10. The summed E-state index contributed by atoms with van der Waals surface area (Å²) in [6, 6.07) is 9.35. The summed E-state index contributed by atoms with van der Waals surface area (Å²) in [6.07, 6.45) is 4.37. The molecule has 2 rings (SSSR count). The van der Waals surface area contributed by atoms with Gasteiger partial charge in [0, 0.05) is 0 Å². The van der Waals surface area contributed by atoms with Gasteiger partial charge in [0.1, 0.15) is 0 Å². The Kier molecular flexibility index (Phi) is 3.40. The van der Waals surface area contributed by atoms with Gasteiger partial charge in [0.2, 0.25) is 0 Å². The molecule has 0 amide bonds. The van der Waals surface area contributed by atoms with Crippen molar-refractivity contribution in [3.8, 4) is 0 Å². The van der Waals surface area contributed by atoms with E-state index in [1.54, 1.807) is 4.90 Å². The summed E-state index contributed by atoms with van der Waals surface area (Å²) in [7, 11) is -0.431. The van der Waals surface area contributed by atoms with Gasteiger partial charge in [-0.3, -0.25) is 0 Å². The van der Waals surface area contributed by atoms with Crippen molar-refractivity contribution < 1.29 is 0 Å². The molecule has 84 valence electrons. The van der Waals surface area contributed by atoms with Gasteiger partial charge in [0.25, 0.3) is 0 Å². The SMILES string of the molecule is CCS1(c2ccc(C)cc2)CCCCC1. The Balaban J connectivity index is 2.28. The van der Waals surface area contributed by atoms with Crippen LogP contribution in [0.3, 0.4) is 0 Å². The summed E-state index contributed by atoms with van der Waals surface area (Å²) in [5.41, 5.74) is 1.39. The lowest BCUT2D eigenvalue weighted by Gasteiger charge is -2.43. The maximum Gasteiger partial charge on any atom is -0.00989 e. The first kappa shape index (κ1) is 11.1. The lowest BCUT2D eigenvalue weighted by atomic mass is 10.2. The average molecular weight is 222 g/mol. The highest BCUT2D eigenvalue weighted by Crippen LogP contribution is 2.58. The molecule has 1 aromatic rings. The highest BCUT2D eigenvalue weighted by Gasteiger charge is 2.26. The number of aryl methyl sites for hydroxylation is 1. The van der Waals surface area contributed by atoms with Crippen LogP contribution in [0, 0.1) is 6.92 Å². The van der Waals surface area contributed by atoms with Gasteiger partial charge in [-0.15, -0.1) is 0 Å². The Bertz CT molecular complexity index is 307. The Morgan fingerprint density at radius 3 is 2.13 bits per heavy atom. The molecule has 0 aromatic heterocycles. The van der Waals surface area contributed by atoms with Gasteiger partial charge in [-0.25, -0.2) is 10.0 Å². The second kappa shape index (κ2) is 4.61. The number of hydrogen-bond acceptors (Lipinski definition) is 0. The van der Waals surface area contributed by atoms with Gasteiger partial charge in [-0.2, -0.15) is 0 Å². The van der Waals surface area contributed by atoms with Crippen molar-refractivity contribution in [3.05, 3.63) is 29.8 Å². The fourth-order valence-corrected chi connectivity index (χ4v) is 6.37. The van der Waals surface area contributed by atoms with Crippen molar-refractivity contribution in [2.75, 3.05) is 17.3 Å². The van der Waals surface area contributed by atoms with Crippen LogP contribution in [0.5, 0.6) is 0 Å². The summed E-state index contributed by atoms with van der Waals surface area (Å²) in [5.74, 6) is 4.34. The Hall–Kier alpha value is -0.430. The molecule has 0 unspecified atom stereocenters. The van der Waals surface area contributed by atoms with Gasteiger partial charge >= 0.3 is 0 Å². The van der Waals surface area contributed by atoms with Crippen molar-refractivity contribution in [1.29, 1.82) is 0 Å². The fourth-order valence-electron chi connectivity index (χ4n) is 2.55. The van der Waals surface area contributed by atoms with Gasteiger partial charge in [-0.05, 0) is 54.1 Å².